The van der Waals surface area contributed by atoms with Gasteiger partial charge in [0.2, 0.25) is 0 Å². The van der Waals surface area contributed by atoms with E-state index in [2.05, 4.69) is 143 Å². The van der Waals surface area contributed by atoms with Gasteiger partial charge in [0.15, 0.2) is 0 Å². The van der Waals surface area contributed by atoms with Crippen molar-refractivity contribution in [3.63, 3.8) is 0 Å². The highest BCUT2D eigenvalue weighted by Crippen LogP contribution is 2.46. The van der Waals surface area contributed by atoms with Crippen LogP contribution in [-0.2, 0) is 0 Å². The molecule has 0 unspecified atom stereocenters. The average Bonchev–Trinajstić information content (AvgIpc) is 3.79. The van der Waals surface area contributed by atoms with Gasteiger partial charge in [0, 0.05) is 49.3 Å². The number of furan rings is 1. The highest BCUT2D eigenvalue weighted by molar-refractivity contribution is 6.35. The number of benzene rings is 7. The third-order valence-electron chi connectivity index (χ3n) is 9.11. The van der Waals surface area contributed by atoms with Crippen molar-refractivity contribution in [2.45, 2.75) is 0 Å². The summed E-state index contributed by atoms with van der Waals surface area (Å²) in [7, 11) is 0. The lowest BCUT2D eigenvalue weighted by Crippen LogP contribution is -1.98. The lowest BCUT2D eigenvalue weighted by atomic mass is 9.99. The van der Waals surface area contributed by atoms with Crippen LogP contribution in [0.2, 0.25) is 0 Å². The zero-order valence-electron chi connectivity index (χ0n) is 24.2. The van der Waals surface area contributed by atoms with Crippen molar-refractivity contribution < 1.29 is 4.42 Å². The third-order valence-corrected chi connectivity index (χ3v) is 9.11. The molecule has 210 valence electrons. The van der Waals surface area contributed by atoms with Gasteiger partial charge >= 0.3 is 0 Å². The van der Waals surface area contributed by atoms with Crippen LogP contribution in [0.3, 0.4) is 0 Å². The second kappa shape index (κ2) is 9.18. The van der Waals surface area contributed by atoms with E-state index in [1.54, 1.807) is 0 Å². The lowest BCUT2D eigenvalue weighted by Gasteiger charge is -2.12. The molecule has 45 heavy (non-hydrogen) atoms. The third kappa shape index (κ3) is 3.39. The summed E-state index contributed by atoms with van der Waals surface area (Å²) in [5.74, 6) is 0.924. The van der Waals surface area contributed by atoms with Gasteiger partial charge in [0.1, 0.15) is 17.0 Å². The molecule has 0 aliphatic carbocycles. The Bertz CT molecular complexity index is 2750. The quantitative estimate of drug-likeness (QED) is 0.210. The van der Waals surface area contributed by atoms with Crippen molar-refractivity contribution in [1.29, 1.82) is 0 Å². The molecule has 0 amide bonds. The maximum absolute atomic E-state index is 6.56. The van der Waals surface area contributed by atoms with E-state index in [-0.39, 0.29) is 0 Å². The molecule has 3 aromatic heterocycles. The standard InChI is InChI=1S/C41H25N3O/c1-2-12-27(13-3-1)44-35-20-10-8-18-33(35)42-41(44)26-22-24-28(25-23-26)43-34-19-9-6-16-31(34)37-38-32-17-7-11-21-36(32)45-40(38)30-15-5-4-14-29(30)39(37)43/h1-25H. The number of imidazole rings is 1. The maximum Gasteiger partial charge on any atom is 0.145 e. The molecular weight excluding hydrogens is 550 g/mol. The first kappa shape index (κ1) is 24.3. The smallest absolute Gasteiger partial charge is 0.145 e. The largest absolute Gasteiger partial charge is 0.455 e. The average molecular weight is 576 g/mol. The van der Waals surface area contributed by atoms with Gasteiger partial charge in [-0.15, -0.1) is 0 Å². The van der Waals surface area contributed by atoms with Crippen LogP contribution in [0.1, 0.15) is 0 Å². The van der Waals surface area contributed by atoms with Crippen LogP contribution < -0.4 is 0 Å². The zero-order valence-corrected chi connectivity index (χ0v) is 24.2. The molecule has 0 saturated heterocycles. The summed E-state index contributed by atoms with van der Waals surface area (Å²) < 4.78 is 11.2. The Hall–Kier alpha value is -6.13. The normalized spacial score (nSPS) is 12.0. The minimum atomic E-state index is 0.910. The van der Waals surface area contributed by atoms with Gasteiger partial charge in [-0.3, -0.25) is 4.57 Å². The summed E-state index contributed by atoms with van der Waals surface area (Å²) in [6.07, 6.45) is 0. The van der Waals surface area contributed by atoms with Crippen LogP contribution in [0.15, 0.2) is 156 Å². The molecular formula is C41H25N3O. The molecule has 3 heterocycles. The minimum Gasteiger partial charge on any atom is -0.455 e. The fraction of sp³-hybridized carbons (Fsp3) is 0. The van der Waals surface area contributed by atoms with Crippen LogP contribution in [0.4, 0.5) is 0 Å². The van der Waals surface area contributed by atoms with E-state index < -0.39 is 0 Å². The Balaban J connectivity index is 1.27. The molecule has 10 aromatic rings. The van der Waals surface area contributed by atoms with Gasteiger partial charge in [0.25, 0.3) is 0 Å². The number of hydrogen-bond donors (Lipinski definition) is 0. The summed E-state index contributed by atoms with van der Waals surface area (Å²) in [6, 6.07) is 53.4. The van der Waals surface area contributed by atoms with E-state index in [1.165, 1.54) is 32.6 Å². The summed E-state index contributed by atoms with van der Waals surface area (Å²) in [4.78, 5) is 5.10. The fourth-order valence-electron chi connectivity index (χ4n) is 7.20. The van der Waals surface area contributed by atoms with Gasteiger partial charge in [-0.05, 0) is 60.7 Å². The molecule has 0 aliphatic rings. The van der Waals surface area contributed by atoms with Crippen LogP contribution in [0.5, 0.6) is 0 Å². The number of nitrogens with zero attached hydrogens (tertiary/aromatic N) is 3. The van der Waals surface area contributed by atoms with Gasteiger partial charge in [0.05, 0.1) is 22.1 Å². The number of hydrogen-bond acceptors (Lipinski definition) is 2. The first-order valence-electron chi connectivity index (χ1n) is 15.2. The van der Waals surface area contributed by atoms with E-state index in [4.69, 9.17) is 9.40 Å². The molecule has 4 heteroatoms. The molecule has 0 aliphatic heterocycles. The van der Waals surface area contributed by atoms with Gasteiger partial charge in [-0.2, -0.15) is 0 Å². The van der Waals surface area contributed by atoms with Crippen molar-refractivity contribution in [1.82, 2.24) is 14.1 Å². The van der Waals surface area contributed by atoms with Crippen LogP contribution in [0, 0.1) is 0 Å². The van der Waals surface area contributed by atoms with Crippen molar-refractivity contribution in [2.75, 3.05) is 0 Å². The molecule has 0 spiro atoms. The van der Waals surface area contributed by atoms with Crippen LogP contribution >= 0.6 is 0 Å². The molecule has 0 radical (unpaired) electrons. The monoisotopic (exact) mass is 575 g/mol. The highest BCUT2D eigenvalue weighted by Gasteiger charge is 2.22. The minimum absolute atomic E-state index is 0.910. The van der Waals surface area contributed by atoms with Gasteiger partial charge in [-0.25, -0.2) is 4.98 Å². The predicted molar refractivity (Wildman–Crippen MR) is 186 cm³/mol. The van der Waals surface area contributed by atoms with Crippen molar-refractivity contribution in [2.24, 2.45) is 0 Å². The zero-order chi connectivity index (χ0) is 29.5. The highest BCUT2D eigenvalue weighted by atomic mass is 16.3. The second-order valence-electron chi connectivity index (χ2n) is 11.6. The van der Waals surface area contributed by atoms with Crippen LogP contribution in [0.25, 0.3) is 88.3 Å². The maximum atomic E-state index is 6.56. The molecule has 0 N–H and O–H groups in total. The van der Waals surface area contributed by atoms with Crippen molar-refractivity contribution in [3.05, 3.63) is 152 Å². The molecule has 10 rings (SSSR count). The Morgan fingerprint density at radius 3 is 1.89 bits per heavy atom. The van der Waals surface area contributed by atoms with E-state index in [9.17, 15) is 0 Å². The summed E-state index contributed by atoms with van der Waals surface area (Å²) in [6.45, 7) is 0. The number of aromatic nitrogens is 3. The van der Waals surface area contributed by atoms with Crippen LogP contribution in [-0.4, -0.2) is 14.1 Å². The van der Waals surface area contributed by atoms with Gasteiger partial charge in [-0.1, -0.05) is 91.0 Å². The van der Waals surface area contributed by atoms with E-state index in [0.717, 1.165) is 55.7 Å². The molecule has 0 saturated carbocycles. The molecule has 0 fully saturated rings. The summed E-state index contributed by atoms with van der Waals surface area (Å²) in [5, 5.41) is 7.03. The predicted octanol–water partition coefficient (Wildman–Crippen LogP) is 10.8. The second-order valence-corrected chi connectivity index (χ2v) is 11.6. The SMILES string of the molecule is c1ccc(-n2c(-c3ccc(-n4c5ccccc5c5c6c7ccccc7oc6c6ccccc6c54)cc3)nc3ccccc32)cc1. The number of para-hydroxylation sites is 5. The summed E-state index contributed by atoms with van der Waals surface area (Å²) in [5.41, 5.74) is 9.53. The van der Waals surface area contributed by atoms with Crippen molar-refractivity contribution in [3.8, 4) is 22.8 Å². The van der Waals surface area contributed by atoms with Crippen molar-refractivity contribution >= 4 is 65.6 Å². The Kier molecular flexibility index (Phi) is 4.96. The molecule has 0 bridgehead atoms. The first-order chi connectivity index (χ1) is 22.3. The Morgan fingerprint density at radius 2 is 1.07 bits per heavy atom. The summed E-state index contributed by atoms with van der Waals surface area (Å²) >= 11 is 0. The fourth-order valence-corrected chi connectivity index (χ4v) is 7.20. The van der Waals surface area contributed by atoms with E-state index in [0.29, 0.717) is 0 Å². The van der Waals surface area contributed by atoms with Gasteiger partial charge < -0.3 is 8.98 Å². The molecule has 4 nitrogen and oxygen atoms in total. The Morgan fingerprint density at radius 1 is 0.444 bits per heavy atom. The Labute approximate surface area is 258 Å². The topological polar surface area (TPSA) is 35.9 Å². The lowest BCUT2D eigenvalue weighted by molar-refractivity contribution is 0.673. The van der Waals surface area contributed by atoms with E-state index in [1.807, 2.05) is 18.2 Å². The first-order valence-corrected chi connectivity index (χ1v) is 15.2. The number of rotatable bonds is 3. The molecule has 7 aromatic carbocycles. The number of fused-ring (bicyclic) bond motifs is 11. The molecule has 0 atom stereocenters. The van der Waals surface area contributed by atoms with E-state index >= 15 is 0 Å².